The van der Waals surface area contributed by atoms with E-state index >= 15 is 0 Å². The molecule has 6 nitrogen and oxygen atoms in total. The standard InChI is InChI=1S/C9H8Br2N4O2S/c1-9(2,8(16)17)15-7(12-13-14-15)5-3-4(10)6(11)18-5/h3H,1-2H3,(H,16,17). The van der Waals surface area contributed by atoms with Crippen LogP contribution in [-0.2, 0) is 10.3 Å². The predicted octanol–water partition coefficient (Wildman–Crippen LogP) is 2.75. The molecule has 0 amide bonds. The SMILES string of the molecule is CC(C)(C(=O)O)n1nnnc1-c1cc(Br)c(Br)s1. The van der Waals surface area contributed by atoms with E-state index in [-0.39, 0.29) is 0 Å². The molecule has 0 aliphatic carbocycles. The molecule has 0 saturated carbocycles. The highest BCUT2D eigenvalue weighted by Gasteiger charge is 2.34. The summed E-state index contributed by atoms with van der Waals surface area (Å²) in [4.78, 5) is 12.0. The topological polar surface area (TPSA) is 80.9 Å². The third-order valence-electron chi connectivity index (χ3n) is 2.39. The molecule has 0 spiro atoms. The Hall–Kier alpha value is -0.800. The summed E-state index contributed by atoms with van der Waals surface area (Å²) in [5.74, 6) is -0.565. The summed E-state index contributed by atoms with van der Waals surface area (Å²) >= 11 is 8.19. The van der Waals surface area contributed by atoms with Crippen molar-refractivity contribution in [2.24, 2.45) is 0 Å². The predicted molar refractivity (Wildman–Crippen MR) is 73.5 cm³/mol. The Kier molecular flexibility index (Phi) is 3.56. The van der Waals surface area contributed by atoms with E-state index in [1.165, 1.54) is 16.0 Å². The minimum absolute atomic E-state index is 0.429. The van der Waals surface area contributed by atoms with E-state index in [1.54, 1.807) is 13.8 Å². The lowest BCUT2D eigenvalue weighted by molar-refractivity contribution is -0.146. The molecule has 0 aliphatic rings. The van der Waals surface area contributed by atoms with Gasteiger partial charge in [0.2, 0.25) is 0 Å². The van der Waals surface area contributed by atoms with E-state index in [9.17, 15) is 9.90 Å². The maximum Gasteiger partial charge on any atom is 0.331 e. The molecule has 0 atom stereocenters. The number of carboxylic acid groups (broad SMARTS) is 1. The molecule has 1 N–H and O–H groups in total. The van der Waals surface area contributed by atoms with Crippen molar-refractivity contribution in [2.45, 2.75) is 19.4 Å². The van der Waals surface area contributed by atoms with Gasteiger partial charge in [-0.1, -0.05) is 0 Å². The van der Waals surface area contributed by atoms with Gasteiger partial charge >= 0.3 is 5.97 Å². The summed E-state index contributed by atoms with van der Waals surface area (Å²) in [6, 6.07) is 1.84. The van der Waals surface area contributed by atoms with Crippen LogP contribution in [0.2, 0.25) is 0 Å². The van der Waals surface area contributed by atoms with Crippen LogP contribution in [0, 0.1) is 0 Å². The molecule has 0 unspecified atom stereocenters. The number of hydrogen-bond acceptors (Lipinski definition) is 5. The number of rotatable bonds is 3. The molecule has 18 heavy (non-hydrogen) atoms. The first-order chi connectivity index (χ1) is 8.34. The van der Waals surface area contributed by atoms with Crippen molar-refractivity contribution in [1.29, 1.82) is 0 Å². The third-order valence-corrected chi connectivity index (χ3v) is 5.64. The fraction of sp³-hybridized carbons (Fsp3) is 0.333. The van der Waals surface area contributed by atoms with Crippen molar-refractivity contribution in [3.63, 3.8) is 0 Å². The van der Waals surface area contributed by atoms with Gasteiger partial charge in [0.1, 0.15) is 0 Å². The highest BCUT2D eigenvalue weighted by Crippen LogP contribution is 2.38. The van der Waals surface area contributed by atoms with E-state index in [4.69, 9.17) is 0 Å². The molecule has 0 aliphatic heterocycles. The largest absolute Gasteiger partial charge is 0.479 e. The van der Waals surface area contributed by atoms with Crippen LogP contribution in [-0.4, -0.2) is 31.3 Å². The van der Waals surface area contributed by atoms with Gasteiger partial charge in [0.15, 0.2) is 11.4 Å². The van der Waals surface area contributed by atoms with Gasteiger partial charge in [0.25, 0.3) is 0 Å². The van der Waals surface area contributed by atoms with Gasteiger partial charge in [0.05, 0.1) is 8.66 Å². The number of thiophene rings is 1. The number of aliphatic carboxylic acids is 1. The monoisotopic (exact) mass is 394 g/mol. The highest BCUT2D eigenvalue weighted by atomic mass is 79.9. The van der Waals surface area contributed by atoms with Gasteiger partial charge in [0, 0.05) is 4.47 Å². The maximum atomic E-state index is 11.2. The fourth-order valence-electron chi connectivity index (χ4n) is 1.26. The van der Waals surface area contributed by atoms with E-state index < -0.39 is 11.5 Å². The number of hydrogen-bond donors (Lipinski definition) is 1. The number of tetrazole rings is 1. The molecule has 0 aromatic carbocycles. The molecule has 2 heterocycles. The molecular formula is C9H8Br2N4O2S. The van der Waals surface area contributed by atoms with Crippen LogP contribution in [0.15, 0.2) is 14.3 Å². The van der Waals surface area contributed by atoms with Crippen LogP contribution in [0.1, 0.15) is 13.8 Å². The maximum absolute atomic E-state index is 11.2. The van der Waals surface area contributed by atoms with Crippen LogP contribution in [0.25, 0.3) is 10.7 Å². The molecule has 96 valence electrons. The highest BCUT2D eigenvalue weighted by molar-refractivity contribution is 9.13. The number of carbonyl (C=O) groups is 1. The van der Waals surface area contributed by atoms with Crippen LogP contribution >= 0.6 is 43.2 Å². The summed E-state index contributed by atoms with van der Waals surface area (Å²) in [7, 11) is 0. The van der Waals surface area contributed by atoms with Crippen LogP contribution in [0.3, 0.4) is 0 Å². The Morgan fingerprint density at radius 2 is 2.17 bits per heavy atom. The van der Waals surface area contributed by atoms with Crippen LogP contribution in [0.5, 0.6) is 0 Å². The average Bonchev–Trinajstić information content (AvgIpc) is 2.86. The Labute approximate surface area is 123 Å². The van der Waals surface area contributed by atoms with Crippen molar-refractivity contribution < 1.29 is 9.90 Å². The van der Waals surface area contributed by atoms with E-state index in [0.29, 0.717) is 5.82 Å². The van der Waals surface area contributed by atoms with Gasteiger partial charge < -0.3 is 5.11 Å². The first kappa shape index (κ1) is 13.6. The fourth-order valence-corrected chi connectivity index (χ4v) is 3.27. The smallest absolute Gasteiger partial charge is 0.331 e. The molecule has 0 fully saturated rings. The second kappa shape index (κ2) is 4.71. The lowest BCUT2D eigenvalue weighted by atomic mass is 10.1. The van der Waals surface area contributed by atoms with Crippen molar-refractivity contribution in [3.8, 4) is 10.7 Å². The van der Waals surface area contributed by atoms with Crippen LogP contribution < -0.4 is 0 Å². The Balaban J connectivity index is 2.55. The van der Waals surface area contributed by atoms with Crippen molar-refractivity contribution in [3.05, 3.63) is 14.3 Å². The number of carboxylic acids is 1. The second-order valence-electron chi connectivity index (χ2n) is 4.01. The molecule has 2 aromatic heterocycles. The zero-order chi connectivity index (χ0) is 13.5. The summed E-state index contributed by atoms with van der Waals surface area (Å²) < 4.78 is 3.09. The molecule has 9 heteroatoms. The first-order valence-corrected chi connectivity index (χ1v) is 7.21. The zero-order valence-electron chi connectivity index (χ0n) is 9.39. The number of aromatic nitrogens is 4. The van der Waals surface area contributed by atoms with Gasteiger partial charge in [-0.05, 0) is 62.2 Å². The Morgan fingerprint density at radius 3 is 2.67 bits per heavy atom. The second-order valence-corrected chi connectivity index (χ2v) is 7.24. The molecule has 2 aromatic rings. The molecular weight excluding hydrogens is 388 g/mol. The normalized spacial score (nSPS) is 11.8. The summed E-state index contributed by atoms with van der Waals surface area (Å²) in [6.45, 7) is 3.10. The zero-order valence-corrected chi connectivity index (χ0v) is 13.4. The van der Waals surface area contributed by atoms with Crippen molar-refractivity contribution in [1.82, 2.24) is 20.2 Å². The Morgan fingerprint density at radius 1 is 1.50 bits per heavy atom. The number of nitrogens with zero attached hydrogens (tertiary/aromatic N) is 4. The van der Waals surface area contributed by atoms with Crippen LogP contribution in [0.4, 0.5) is 0 Å². The Bertz CT molecular complexity index is 588. The van der Waals surface area contributed by atoms with Gasteiger partial charge in [-0.25, -0.2) is 9.48 Å². The third kappa shape index (κ3) is 2.21. The molecule has 0 saturated heterocycles. The molecule has 0 radical (unpaired) electrons. The summed E-state index contributed by atoms with van der Waals surface area (Å²) in [6.07, 6.45) is 0. The van der Waals surface area contributed by atoms with E-state index in [2.05, 4.69) is 47.4 Å². The summed E-state index contributed by atoms with van der Waals surface area (Å²) in [5.41, 5.74) is -1.21. The quantitative estimate of drug-likeness (QED) is 0.863. The molecule has 2 rings (SSSR count). The summed E-state index contributed by atoms with van der Waals surface area (Å²) in [5, 5.41) is 20.4. The van der Waals surface area contributed by atoms with Gasteiger partial charge in [-0.2, -0.15) is 0 Å². The minimum Gasteiger partial charge on any atom is -0.479 e. The van der Waals surface area contributed by atoms with E-state index in [0.717, 1.165) is 13.1 Å². The average molecular weight is 396 g/mol. The molecule has 0 bridgehead atoms. The minimum atomic E-state index is -1.21. The van der Waals surface area contributed by atoms with Crippen molar-refractivity contribution in [2.75, 3.05) is 0 Å². The van der Waals surface area contributed by atoms with E-state index in [1.807, 2.05) is 6.07 Å². The van der Waals surface area contributed by atoms with Crippen molar-refractivity contribution >= 4 is 49.2 Å². The first-order valence-electron chi connectivity index (χ1n) is 4.81. The lowest BCUT2D eigenvalue weighted by Crippen LogP contribution is -2.37. The van der Waals surface area contributed by atoms with Gasteiger partial charge in [-0.15, -0.1) is 16.4 Å². The van der Waals surface area contributed by atoms with Gasteiger partial charge in [-0.3, -0.25) is 0 Å². The lowest BCUT2D eigenvalue weighted by Gasteiger charge is -2.19. The number of halogens is 2.